The summed E-state index contributed by atoms with van der Waals surface area (Å²) in [4.78, 5) is 1.20. The predicted molar refractivity (Wildman–Crippen MR) is 77.6 cm³/mol. The van der Waals surface area contributed by atoms with Gasteiger partial charge in [-0.1, -0.05) is 23.7 Å². The largest absolute Gasteiger partial charge is 0.494 e. The van der Waals surface area contributed by atoms with Crippen LogP contribution < -0.4 is 10.5 Å². The third-order valence-electron chi connectivity index (χ3n) is 2.65. The van der Waals surface area contributed by atoms with Crippen molar-refractivity contribution in [2.45, 2.75) is 19.4 Å². The highest BCUT2D eigenvalue weighted by atomic mass is 35.5. The van der Waals surface area contributed by atoms with Gasteiger partial charge >= 0.3 is 0 Å². The molecule has 0 bridgehead atoms. The fraction of sp³-hybridized carbons (Fsp3) is 0.286. The Bertz CT molecular complexity index is 512. The summed E-state index contributed by atoms with van der Waals surface area (Å²) >= 11 is 7.49. The van der Waals surface area contributed by atoms with Crippen LogP contribution in [0.25, 0.3) is 0 Å². The van der Waals surface area contributed by atoms with Crippen LogP contribution in [-0.2, 0) is 6.42 Å². The first-order valence-electron chi connectivity index (χ1n) is 5.91. The molecular weight excluding hydrogens is 266 g/mol. The van der Waals surface area contributed by atoms with Crippen LogP contribution in [-0.4, -0.2) is 6.61 Å². The maximum atomic E-state index is 6.21. The molecule has 4 heteroatoms. The molecule has 2 rings (SSSR count). The van der Waals surface area contributed by atoms with Gasteiger partial charge in [-0.05, 0) is 36.8 Å². The second-order valence-electron chi connectivity index (χ2n) is 4.02. The lowest BCUT2D eigenvalue weighted by atomic mass is 10.0. The summed E-state index contributed by atoms with van der Waals surface area (Å²) in [5, 5.41) is 0. The minimum atomic E-state index is -0.0277. The molecule has 18 heavy (non-hydrogen) atoms. The van der Waals surface area contributed by atoms with E-state index in [0.29, 0.717) is 6.61 Å². The van der Waals surface area contributed by atoms with E-state index in [0.717, 1.165) is 22.1 Å². The van der Waals surface area contributed by atoms with Crippen molar-refractivity contribution < 1.29 is 4.74 Å². The fourth-order valence-corrected chi connectivity index (χ4v) is 2.94. The van der Waals surface area contributed by atoms with Crippen LogP contribution in [0, 0.1) is 0 Å². The Morgan fingerprint density at radius 1 is 1.33 bits per heavy atom. The summed E-state index contributed by atoms with van der Waals surface area (Å²) in [6, 6.07) is 11.9. The van der Waals surface area contributed by atoms with Gasteiger partial charge in [0.15, 0.2) is 0 Å². The smallest absolute Gasteiger partial charge is 0.119 e. The van der Waals surface area contributed by atoms with Gasteiger partial charge in [-0.3, -0.25) is 0 Å². The van der Waals surface area contributed by atoms with E-state index in [-0.39, 0.29) is 6.04 Å². The van der Waals surface area contributed by atoms with Crippen LogP contribution in [0.2, 0.25) is 4.34 Å². The van der Waals surface area contributed by atoms with E-state index in [9.17, 15) is 0 Å². The molecule has 1 heterocycles. The molecule has 96 valence electrons. The molecule has 2 nitrogen and oxygen atoms in total. The first-order valence-corrected chi connectivity index (χ1v) is 7.11. The Morgan fingerprint density at radius 3 is 2.83 bits per heavy atom. The first-order chi connectivity index (χ1) is 8.69. The average Bonchev–Trinajstić information content (AvgIpc) is 2.75. The molecule has 2 N–H and O–H groups in total. The summed E-state index contributed by atoms with van der Waals surface area (Å²) in [5.41, 5.74) is 7.30. The Morgan fingerprint density at radius 2 is 2.17 bits per heavy atom. The Balaban J connectivity index is 2.08. The minimum absolute atomic E-state index is 0.0277. The SMILES string of the molecule is CCOc1cccc(C(N)Cc2ccc(Cl)s2)c1. The zero-order valence-electron chi connectivity index (χ0n) is 10.2. The molecule has 0 aliphatic rings. The van der Waals surface area contributed by atoms with Gasteiger partial charge in [-0.15, -0.1) is 11.3 Å². The number of benzene rings is 1. The van der Waals surface area contributed by atoms with E-state index in [4.69, 9.17) is 22.1 Å². The van der Waals surface area contributed by atoms with Crippen molar-refractivity contribution in [3.63, 3.8) is 0 Å². The van der Waals surface area contributed by atoms with Gasteiger partial charge in [0.05, 0.1) is 10.9 Å². The van der Waals surface area contributed by atoms with Gasteiger partial charge in [-0.2, -0.15) is 0 Å². The highest BCUT2D eigenvalue weighted by Crippen LogP contribution is 2.26. The number of hydrogen-bond acceptors (Lipinski definition) is 3. The average molecular weight is 282 g/mol. The van der Waals surface area contributed by atoms with Crippen molar-refractivity contribution in [1.82, 2.24) is 0 Å². The summed E-state index contributed by atoms with van der Waals surface area (Å²) in [6.07, 6.45) is 0.799. The number of nitrogens with two attached hydrogens (primary N) is 1. The number of halogens is 1. The third kappa shape index (κ3) is 3.48. The second-order valence-corrected chi connectivity index (χ2v) is 5.82. The van der Waals surface area contributed by atoms with Crippen molar-refractivity contribution in [3.05, 3.63) is 51.2 Å². The van der Waals surface area contributed by atoms with Crippen LogP contribution in [0.1, 0.15) is 23.4 Å². The van der Waals surface area contributed by atoms with Crippen molar-refractivity contribution in [1.29, 1.82) is 0 Å². The summed E-state index contributed by atoms with van der Waals surface area (Å²) < 4.78 is 6.28. The van der Waals surface area contributed by atoms with E-state index >= 15 is 0 Å². The maximum Gasteiger partial charge on any atom is 0.119 e. The van der Waals surface area contributed by atoms with Gasteiger partial charge in [-0.25, -0.2) is 0 Å². The van der Waals surface area contributed by atoms with Crippen molar-refractivity contribution in [3.8, 4) is 5.75 Å². The van der Waals surface area contributed by atoms with E-state index in [1.165, 1.54) is 4.88 Å². The van der Waals surface area contributed by atoms with Crippen molar-refractivity contribution >= 4 is 22.9 Å². The number of thiophene rings is 1. The van der Waals surface area contributed by atoms with Crippen LogP contribution in [0.4, 0.5) is 0 Å². The molecule has 0 saturated carbocycles. The van der Waals surface area contributed by atoms with Gasteiger partial charge in [0.1, 0.15) is 5.75 Å². The number of ether oxygens (including phenoxy) is 1. The zero-order chi connectivity index (χ0) is 13.0. The highest BCUT2D eigenvalue weighted by molar-refractivity contribution is 7.16. The van der Waals surface area contributed by atoms with Gasteiger partial charge in [0.2, 0.25) is 0 Å². The highest BCUT2D eigenvalue weighted by Gasteiger charge is 2.09. The molecule has 2 aromatic rings. The molecule has 1 atom stereocenters. The maximum absolute atomic E-state index is 6.21. The molecule has 0 aliphatic carbocycles. The van der Waals surface area contributed by atoms with E-state index < -0.39 is 0 Å². The summed E-state index contributed by atoms with van der Waals surface area (Å²) in [6.45, 7) is 2.64. The molecule has 0 spiro atoms. The normalized spacial score (nSPS) is 12.4. The molecule has 0 radical (unpaired) electrons. The second kappa shape index (κ2) is 6.23. The lowest BCUT2D eigenvalue weighted by Gasteiger charge is -2.12. The quantitative estimate of drug-likeness (QED) is 0.898. The first kappa shape index (κ1) is 13.4. The third-order valence-corrected chi connectivity index (χ3v) is 3.90. The molecule has 0 saturated heterocycles. The zero-order valence-corrected chi connectivity index (χ0v) is 11.8. The fourth-order valence-electron chi connectivity index (χ4n) is 1.80. The number of rotatable bonds is 5. The van der Waals surface area contributed by atoms with E-state index in [1.54, 1.807) is 11.3 Å². The molecule has 0 fully saturated rings. The monoisotopic (exact) mass is 281 g/mol. The Hall–Kier alpha value is -1.03. The van der Waals surface area contributed by atoms with Crippen LogP contribution in [0.15, 0.2) is 36.4 Å². The molecule has 1 aromatic heterocycles. The minimum Gasteiger partial charge on any atom is -0.494 e. The molecule has 0 amide bonds. The molecule has 1 aromatic carbocycles. The van der Waals surface area contributed by atoms with Crippen molar-refractivity contribution in [2.24, 2.45) is 5.73 Å². The standard InChI is InChI=1S/C14H16ClNOS/c1-2-17-11-5-3-4-10(8-11)13(16)9-12-6-7-14(15)18-12/h3-8,13H,2,9,16H2,1H3. The molecular formula is C14H16ClNOS. The molecule has 1 unspecified atom stereocenters. The number of hydrogen-bond donors (Lipinski definition) is 1. The Kier molecular flexibility index (Phi) is 4.64. The topological polar surface area (TPSA) is 35.2 Å². The predicted octanol–water partition coefficient (Wildman–Crippen LogP) is 4.04. The van der Waals surface area contributed by atoms with Gasteiger partial charge in [0.25, 0.3) is 0 Å². The summed E-state index contributed by atoms with van der Waals surface area (Å²) in [7, 11) is 0. The van der Waals surface area contributed by atoms with Crippen LogP contribution in [0.3, 0.4) is 0 Å². The van der Waals surface area contributed by atoms with Gasteiger partial charge in [0, 0.05) is 17.3 Å². The van der Waals surface area contributed by atoms with Crippen LogP contribution in [0.5, 0.6) is 5.75 Å². The summed E-state index contributed by atoms with van der Waals surface area (Å²) in [5.74, 6) is 0.870. The lowest BCUT2D eigenvalue weighted by molar-refractivity contribution is 0.339. The van der Waals surface area contributed by atoms with Gasteiger partial charge < -0.3 is 10.5 Å². The van der Waals surface area contributed by atoms with E-state index in [2.05, 4.69) is 0 Å². The van der Waals surface area contributed by atoms with Crippen molar-refractivity contribution in [2.75, 3.05) is 6.61 Å². The lowest BCUT2D eigenvalue weighted by Crippen LogP contribution is -2.12. The van der Waals surface area contributed by atoms with Crippen LogP contribution >= 0.6 is 22.9 Å². The molecule has 0 aliphatic heterocycles. The van der Waals surface area contributed by atoms with E-state index in [1.807, 2.05) is 43.3 Å². The Labute approximate surface area is 116 Å².